The molecule has 0 spiro atoms. The van der Waals surface area contributed by atoms with E-state index in [0.717, 1.165) is 0 Å². The van der Waals surface area contributed by atoms with Crippen LogP contribution in [0.15, 0.2) is 25.0 Å². The first kappa shape index (κ1) is 21.8. The second-order valence-corrected chi connectivity index (χ2v) is 5.35. The first-order chi connectivity index (χ1) is 12.8. The number of imidazole rings is 2. The van der Waals surface area contributed by atoms with Crippen molar-refractivity contribution in [3.05, 3.63) is 36.4 Å². The number of aromatic amines is 2. The standard InChI is InChI=1S/C8H11N3O3.C7H10FN3O2/c1-5(12)11-7(8(13)14)2-6-3-9-4-10-6;8-3-10-6(7(12)13)1-5-2-9-4-11-5/h3-4,7H,2H2,1H3,(H,9,10)(H,11,12)(H,13,14);2,4,6,10H,1,3H2,(H,9,11)(H,12,13)/t7-;6-/m00/s1. The molecule has 2 aromatic heterocycles. The Morgan fingerprint density at radius 3 is 1.85 bits per heavy atom. The predicted molar refractivity (Wildman–Crippen MR) is 90.4 cm³/mol. The average molecular weight is 384 g/mol. The molecule has 148 valence electrons. The Morgan fingerprint density at radius 2 is 1.52 bits per heavy atom. The van der Waals surface area contributed by atoms with Gasteiger partial charge in [-0.25, -0.2) is 19.2 Å². The number of rotatable bonds is 9. The number of carboxylic acid groups (broad SMARTS) is 2. The van der Waals surface area contributed by atoms with Crippen LogP contribution >= 0.6 is 0 Å². The number of carbonyl (C=O) groups excluding carboxylic acids is 1. The van der Waals surface area contributed by atoms with E-state index in [1.54, 1.807) is 12.4 Å². The number of nitrogens with zero attached hydrogens (tertiary/aromatic N) is 2. The maximum Gasteiger partial charge on any atom is 0.326 e. The van der Waals surface area contributed by atoms with Gasteiger partial charge in [-0.2, -0.15) is 0 Å². The van der Waals surface area contributed by atoms with Crippen LogP contribution in [0.1, 0.15) is 18.3 Å². The molecular weight excluding hydrogens is 363 g/mol. The van der Waals surface area contributed by atoms with E-state index in [2.05, 4.69) is 30.6 Å². The van der Waals surface area contributed by atoms with Crippen LogP contribution in [0.4, 0.5) is 4.39 Å². The van der Waals surface area contributed by atoms with E-state index >= 15 is 0 Å². The van der Waals surface area contributed by atoms with Gasteiger partial charge in [-0.15, -0.1) is 0 Å². The van der Waals surface area contributed by atoms with Gasteiger partial charge in [0.25, 0.3) is 0 Å². The summed E-state index contributed by atoms with van der Waals surface area (Å²) in [6.07, 6.45) is 6.43. The molecule has 6 N–H and O–H groups in total. The van der Waals surface area contributed by atoms with E-state index < -0.39 is 30.8 Å². The molecule has 0 aliphatic carbocycles. The van der Waals surface area contributed by atoms with Gasteiger partial charge in [-0.3, -0.25) is 14.9 Å². The van der Waals surface area contributed by atoms with Crippen LogP contribution in [0.25, 0.3) is 0 Å². The van der Waals surface area contributed by atoms with E-state index in [1.165, 1.54) is 19.6 Å². The first-order valence-electron chi connectivity index (χ1n) is 7.80. The molecular formula is C15H21FN6O5. The van der Waals surface area contributed by atoms with Crippen molar-refractivity contribution in [2.24, 2.45) is 0 Å². The zero-order chi connectivity index (χ0) is 20.2. The molecule has 0 aliphatic rings. The Morgan fingerprint density at radius 1 is 1.04 bits per heavy atom. The quantitative estimate of drug-likeness (QED) is 0.313. The summed E-state index contributed by atoms with van der Waals surface area (Å²) in [5.74, 6) is -2.52. The van der Waals surface area contributed by atoms with Crippen molar-refractivity contribution < 1.29 is 29.0 Å². The summed E-state index contributed by atoms with van der Waals surface area (Å²) in [5, 5.41) is 21.9. The Kier molecular flexibility index (Phi) is 9.15. The van der Waals surface area contributed by atoms with Gasteiger partial charge in [-0.1, -0.05) is 0 Å². The molecule has 2 rings (SSSR count). The van der Waals surface area contributed by atoms with Crippen molar-refractivity contribution in [3.63, 3.8) is 0 Å². The minimum atomic E-state index is -1.08. The van der Waals surface area contributed by atoms with Gasteiger partial charge in [0.2, 0.25) is 5.91 Å². The highest BCUT2D eigenvalue weighted by Gasteiger charge is 2.19. The maximum atomic E-state index is 11.8. The Labute approximate surface area is 153 Å². The first-order valence-corrected chi connectivity index (χ1v) is 7.80. The maximum absolute atomic E-state index is 11.8. The third-order valence-corrected chi connectivity index (χ3v) is 3.23. The normalized spacial score (nSPS) is 12.4. The summed E-state index contributed by atoms with van der Waals surface area (Å²) in [6.45, 7) is 0.419. The second kappa shape index (κ2) is 11.4. The molecule has 0 saturated carbocycles. The summed E-state index contributed by atoms with van der Waals surface area (Å²) in [7, 11) is 0. The van der Waals surface area contributed by atoms with Crippen molar-refractivity contribution in [1.29, 1.82) is 0 Å². The molecule has 27 heavy (non-hydrogen) atoms. The molecule has 2 heterocycles. The van der Waals surface area contributed by atoms with Gasteiger partial charge >= 0.3 is 11.9 Å². The zero-order valence-electron chi connectivity index (χ0n) is 14.5. The van der Waals surface area contributed by atoms with Gasteiger partial charge in [0.1, 0.15) is 18.9 Å². The lowest BCUT2D eigenvalue weighted by Gasteiger charge is -2.10. The number of H-pyrrole nitrogens is 2. The number of halogens is 1. The summed E-state index contributed by atoms with van der Waals surface area (Å²) in [4.78, 5) is 45.1. The van der Waals surface area contributed by atoms with Gasteiger partial charge in [0.15, 0.2) is 0 Å². The summed E-state index contributed by atoms with van der Waals surface area (Å²) in [5.41, 5.74) is 1.19. The predicted octanol–water partition coefficient (Wildman–Crippen LogP) is -0.536. The highest BCUT2D eigenvalue weighted by atomic mass is 19.1. The van der Waals surface area contributed by atoms with Crippen LogP contribution in [0, 0.1) is 0 Å². The van der Waals surface area contributed by atoms with Crippen molar-refractivity contribution in [2.75, 3.05) is 6.80 Å². The second-order valence-electron chi connectivity index (χ2n) is 5.35. The monoisotopic (exact) mass is 384 g/mol. The molecule has 0 fully saturated rings. The number of amides is 1. The minimum absolute atomic E-state index is 0.169. The summed E-state index contributed by atoms with van der Waals surface area (Å²) in [6, 6.07) is -1.84. The number of carbonyl (C=O) groups is 3. The Balaban J connectivity index is 0.000000271. The smallest absolute Gasteiger partial charge is 0.326 e. The summed E-state index contributed by atoms with van der Waals surface area (Å²) >= 11 is 0. The summed E-state index contributed by atoms with van der Waals surface area (Å²) < 4.78 is 11.8. The topological polar surface area (TPSA) is 173 Å². The lowest BCUT2D eigenvalue weighted by molar-refractivity contribution is -0.141. The molecule has 11 nitrogen and oxygen atoms in total. The molecule has 0 unspecified atom stereocenters. The van der Waals surface area contributed by atoms with Gasteiger partial charge in [0.05, 0.1) is 24.0 Å². The number of aliphatic carboxylic acids is 2. The van der Waals surface area contributed by atoms with Crippen molar-refractivity contribution in [3.8, 4) is 0 Å². The van der Waals surface area contributed by atoms with E-state index in [-0.39, 0.29) is 18.7 Å². The number of hydrogen-bond donors (Lipinski definition) is 6. The fraction of sp³-hybridized carbons (Fsp3) is 0.400. The number of hydrogen-bond acceptors (Lipinski definition) is 6. The number of alkyl halides is 1. The average Bonchev–Trinajstić information content (AvgIpc) is 3.27. The Hall–Kier alpha value is -3.28. The number of nitrogens with one attached hydrogen (secondary N) is 4. The van der Waals surface area contributed by atoms with Crippen molar-refractivity contribution in [2.45, 2.75) is 31.8 Å². The van der Waals surface area contributed by atoms with Gasteiger partial charge < -0.3 is 25.5 Å². The molecule has 12 heteroatoms. The Bertz CT molecular complexity index is 706. The lowest BCUT2D eigenvalue weighted by Crippen LogP contribution is -2.41. The molecule has 0 bridgehead atoms. The number of aromatic nitrogens is 4. The fourth-order valence-corrected chi connectivity index (χ4v) is 2.01. The molecule has 0 aromatic carbocycles. The van der Waals surface area contributed by atoms with E-state index in [4.69, 9.17) is 10.2 Å². The number of carboxylic acids is 2. The molecule has 0 radical (unpaired) electrons. The van der Waals surface area contributed by atoms with Crippen LogP contribution in [0.2, 0.25) is 0 Å². The van der Waals surface area contributed by atoms with Gasteiger partial charge in [-0.05, 0) is 0 Å². The highest BCUT2D eigenvalue weighted by molar-refractivity contribution is 5.82. The molecule has 0 aliphatic heterocycles. The highest BCUT2D eigenvalue weighted by Crippen LogP contribution is 1.99. The lowest BCUT2D eigenvalue weighted by atomic mass is 10.1. The van der Waals surface area contributed by atoms with Crippen LogP contribution in [-0.4, -0.2) is 66.9 Å². The van der Waals surface area contributed by atoms with Crippen LogP contribution < -0.4 is 10.6 Å². The third kappa shape index (κ3) is 8.58. The zero-order valence-corrected chi connectivity index (χ0v) is 14.5. The molecule has 1 amide bonds. The third-order valence-electron chi connectivity index (χ3n) is 3.23. The largest absolute Gasteiger partial charge is 0.480 e. The van der Waals surface area contributed by atoms with Crippen LogP contribution in [-0.2, 0) is 27.2 Å². The van der Waals surface area contributed by atoms with Gasteiger partial charge in [0, 0.05) is 32.2 Å². The SMILES string of the molecule is CC(=O)N[C@@H](Cc1c[nH]cn1)C(=O)O.O=C(O)[C@H](Cc1c[nH]cn1)NCF. The van der Waals surface area contributed by atoms with E-state index in [9.17, 15) is 18.8 Å². The molecule has 2 aromatic rings. The van der Waals surface area contributed by atoms with Crippen LogP contribution in [0.5, 0.6) is 0 Å². The molecule has 0 saturated heterocycles. The van der Waals surface area contributed by atoms with E-state index in [1.807, 2.05) is 0 Å². The van der Waals surface area contributed by atoms with E-state index in [0.29, 0.717) is 11.4 Å². The fourth-order valence-electron chi connectivity index (χ4n) is 2.01. The minimum Gasteiger partial charge on any atom is -0.480 e. The van der Waals surface area contributed by atoms with Crippen molar-refractivity contribution >= 4 is 17.8 Å². The molecule has 2 atom stereocenters. The van der Waals surface area contributed by atoms with Crippen LogP contribution in [0.3, 0.4) is 0 Å². The van der Waals surface area contributed by atoms with Crippen molar-refractivity contribution in [1.82, 2.24) is 30.6 Å².